The van der Waals surface area contributed by atoms with Crippen molar-refractivity contribution in [2.24, 2.45) is 5.92 Å². The topological polar surface area (TPSA) is 116 Å². The van der Waals surface area contributed by atoms with Crippen molar-refractivity contribution in [1.82, 2.24) is 30.4 Å². The molecule has 1 aliphatic heterocycles. The summed E-state index contributed by atoms with van der Waals surface area (Å²) in [4.78, 5) is 34.7. The van der Waals surface area contributed by atoms with E-state index in [2.05, 4.69) is 25.5 Å². The van der Waals surface area contributed by atoms with E-state index < -0.39 is 5.92 Å². The number of carbonyl (C=O) groups is 2. The summed E-state index contributed by atoms with van der Waals surface area (Å²) < 4.78 is 5.23. The second kappa shape index (κ2) is 6.99. The van der Waals surface area contributed by atoms with Gasteiger partial charge in [-0.15, -0.1) is 0 Å². The molecule has 0 spiro atoms. The quantitative estimate of drug-likeness (QED) is 0.627. The number of aromatic amines is 2. The lowest BCUT2D eigenvalue weighted by molar-refractivity contribution is -0.124. The average Bonchev–Trinajstić information content (AvgIpc) is 3.43. The van der Waals surface area contributed by atoms with Crippen molar-refractivity contribution in [2.75, 3.05) is 27.2 Å². The number of carbonyl (C=O) groups excluding carboxylic acids is 2. The van der Waals surface area contributed by atoms with E-state index in [1.807, 2.05) is 31.2 Å². The molecule has 146 valence electrons. The molecule has 9 nitrogen and oxygen atoms in total. The number of hydrogen-bond donors (Lipinski definition) is 3. The van der Waals surface area contributed by atoms with Gasteiger partial charge in [-0.05, 0) is 25.1 Å². The monoisotopic (exact) mass is 382 g/mol. The van der Waals surface area contributed by atoms with Gasteiger partial charge in [0.2, 0.25) is 5.91 Å². The summed E-state index contributed by atoms with van der Waals surface area (Å²) in [6.45, 7) is 2.50. The Kier molecular flexibility index (Phi) is 4.50. The molecular weight excluding hydrogens is 360 g/mol. The van der Waals surface area contributed by atoms with Crippen molar-refractivity contribution in [3.05, 3.63) is 41.6 Å². The molecule has 0 saturated carbocycles. The highest BCUT2D eigenvalue weighted by atomic mass is 16.5. The van der Waals surface area contributed by atoms with Crippen LogP contribution in [-0.4, -0.2) is 64.1 Å². The van der Waals surface area contributed by atoms with Crippen LogP contribution in [0.1, 0.15) is 28.1 Å². The summed E-state index contributed by atoms with van der Waals surface area (Å²) in [5, 5.41) is 10.6. The number of hydrogen-bond acceptors (Lipinski definition) is 5. The van der Waals surface area contributed by atoms with E-state index in [0.29, 0.717) is 36.2 Å². The van der Waals surface area contributed by atoms with E-state index in [1.165, 1.54) is 0 Å². The molecule has 1 saturated heterocycles. The fraction of sp³-hybridized carbons (Fsp3) is 0.368. The molecule has 3 aromatic rings. The molecule has 1 fully saturated rings. The number of fused-ring (bicyclic) bond motifs is 1. The molecule has 4 rings (SSSR count). The molecule has 0 radical (unpaired) electrons. The minimum atomic E-state index is -0.395. The first-order chi connectivity index (χ1) is 13.5. The van der Waals surface area contributed by atoms with E-state index in [9.17, 15) is 9.59 Å². The number of nitrogens with one attached hydrogen (secondary N) is 3. The van der Waals surface area contributed by atoms with Crippen LogP contribution in [-0.2, 0) is 4.79 Å². The summed E-state index contributed by atoms with van der Waals surface area (Å²) in [7, 11) is 3.20. The zero-order valence-corrected chi connectivity index (χ0v) is 15.9. The van der Waals surface area contributed by atoms with Crippen molar-refractivity contribution in [3.63, 3.8) is 0 Å². The van der Waals surface area contributed by atoms with Crippen molar-refractivity contribution in [1.29, 1.82) is 0 Å². The largest absolute Gasteiger partial charge is 0.497 e. The molecular formula is C19H22N6O3. The first-order valence-electron chi connectivity index (χ1n) is 9.06. The zero-order chi connectivity index (χ0) is 19.8. The van der Waals surface area contributed by atoms with Gasteiger partial charge in [-0.1, -0.05) is 0 Å². The Hall–Kier alpha value is -3.36. The van der Waals surface area contributed by atoms with Gasteiger partial charge in [-0.25, -0.2) is 4.98 Å². The number of rotatable bonds is 4. The molecule has 0 bridgehead atoms. The van der Waals surface area contributed by atoms with Gasteiger partial charge in [0.15, 0.2) is 5.82 Å². The number of ether oxygens (including phenoxy) is 1. The number of nitrogens with zero attached hydrogens (tertiary/aromatic N) is 3. The SMILES string of the molecule is CNC(=O)[C@@H]1CN(C(=O)c2cc3ccc(OC)cc3[nH]2)C[C@H]1c1n[nH]c(C)n1. The van der Waals surface area contributed by atoms with E-state index in [-0.39, 0.29) is 17.7 Å². The second-order valence-electron chi connectivity index (χ2n) is 6.95. The maximum atomic E-state index is 13.1. The lowest BCUT2D eigenvalue weighted by Crippen LogP contribution is -2.33. The van der Waals surface area contributed by atoms with Crippen molar-refractivity contribution >= 4 is 22.7 Å². The third kappa shape index (κ3) is 3.08. The molecule has 3 heterocycles. The van der Waals surface area contributed by atoms with E-state index in [0.717, 1.165) is 10.9 Å². The van der Waals surface area contributed by atoms with Crippen LogP contribution >= 0.6 is 0 Å². The maximum absolute atomic E-state index is 13.1. The molecule has 28 heavy (non-hydrogen) atoms. The van der Waals surface area contributed by atoms with Crippen LogP contribution in [0.25, 0.3) is 10.9 Å². The van der Waals surface area contributed by atoms with Crippen molar-refractivity contribution < 1.29 is 14.3 Å². The third-order valence-electron chi connectivity index (χ3n) is 5.20. The number of methoxy groups -OCH3 is 1. The third-order valence-corrected chi connectivity index (χ3v) is 5.20. The lowest BCUT2D eigenvalue weighted by Gasteiger charge is -2.14. The summed E-state index contributed by atoms with van der Waals surface area (Å²) in [6, 6.07) is 7.42. The molecule has 9 heteroatoms. The summed E-state index contributed by atoms with van der Waals surface area (Å²) >= 11 is 0. The molecule has 1 aliphatic rings. The Morgan fingerprint density at radius 1 is 1.29 bits per heavy atom. The first kappa shape index (κ1) is 18.0. The molecule has 2 amide bonds. The van der Waals surface area contributed by atoms with Gasteiger partial charge < -0.3 is 19.9 Å². The van der Waals surface area contributed by atoms with E-state index >= 15 is 0 Å². The number of aryl methyl sites for hydroxylation is 1. The van der Waals surface area contributed by atoms with Crippen LogP contribution in [0.5, 0.6) is 5.75 Å². The van der Waals surface area contributed by atoms with E-state index in [4.69, 9.17) is 4.74 Å². The Morgan fingerprint density at radius 2 is 2.11 bits per heavy atom. The molecule has 3 N–H and O–H groups in total. The molecule has 1 aromatic carbocycles. The Balaban J connectivity index is 1.61. The van der Waals surface area contributed by atoms with Crippen LogP contribution < -0.4 is 10.1 Å². The Bertz CT molecular complexity index is 1040. The van der Waals surface area contributed by atoms with Gasteiger partial charge in [0.1, 0.15) is 17.3 Å². The van der Waals surface area contributed by atoms with Crippen LogP contribution in [0.2, 0.25) is 0 Å². The van der Waals surface area contributed by atoms with E-state index in [1.54, 1.807) is 19.1 Å². The highest BCUT2D eigenvalue weighted by Gasteiger charge is 2.42. The maximum Gasteiger partial charge on any atom is 0.270 e. The van der Waals surface area contributed by atoms with Gasteiger partial charge in [0, 0.05) is 37.1 Å². The smallest absolute Gasteiger partial charge is 0.270 e. The number of benzene rings is 1. The standard InChI is InChI=1S/C19H22N6O3/c1-10-21-17(24-23-10)13-8-25(9-14(13)18(26)20-2)19(27)16-6-11-4-5-12(28-3)7-15(11)22-16/h4-7,13-14,22H,8-9H2,1-3H3,(H,20,26)(H,21,23,24)/t13-,14-/m1/s1. The number of H-pyrrole nitrogens is 2. The van der Waals surface area contributed by atoms with Gasteiger partial charge in [0.05, 0.1) is 18.9 Å². The number of likely N-dealkylation sites (tertiary alicyclic amines) is 1. The predicted molar refractivity (Wildman–Crippen MR) is 102 cm³/mol. The first-order valence-corrected chi connectivity index (χ1v) is 9.06. The summed E-state index contributed by atoms with van der Waals surface area (Å²) in [5.41, 5.74) is 1.30. The normalized spacial score (nSPS) is 19.2. The minimum absolute atomic E-state index is 0.121. The minimum Gasteiger partial charge on any atom is -0.497 e. The Morgan fingerprint density at radius 3 is 2.79 bits per heavy atom. The molecule has 0 unspecified atom stereocenters. The van der Waals surface area contributed by atoms with Crippen molar-refractivity contribution in [3.8, 4) is 5.75 Å². The second-order valence-corrected chi connectivity index (χ2v) is 6.95. The van der Waals surface area contributed by atoms with Gasteiger partial charge in [-0.2, -0.15) is 5.10 Å². The van der Waals surface area contributed by atoms with Crippen LogP contribution in [0.15, 0.2) is 24.3 Å². The predicted octanol–water partition coefficient (Wildman–Crippen LogP) is 1.20. The zero-order valence-electron chi connectivity index (χ0n) is 15.9. The van der Waals surface area contributed by atoms with Crippen LogP contribution in [0.3, 0.4) is 0 Å². The fourth-order valence-electron chi connectivity index (χ4n) is 3.73. The highest BCUT2D eigenvalue weighted by molar-refractivity contribution is 5.99. The molecule has 0 aliphatic carbocycles. The van der Waals surface area contributed by atoms with Crippen LogP contribution in [0.4, 0.5) is 0 Å². The van der Waals surface area contributed by atoms with Gasteiger partial charge >= 0.3 is 0 Å². The molecule has 2 aromatic heterocycles. The summed E-state index contributed by atoms with van der Waals surface area (Å²) in [6.07, 6.45) is 0. The lowest BCUT2D eigenvalue weighted by atomic mass is 9.94. The fourth-order valence-corrected chi connectivity index (χ4v) is 3.73. The van der Waals surface area contributed by atoms with Gasteiger partial charge in [0.25, 0.3) is 5.91 Å². The molecule has 2 atom stereocenters. The number of aromatic nitrogens is 4. The highest BCUT2D eigenvalue weighted by Crippen LogP contribution is 2.32. The average molecular weight is 382 g/mol. The Labute approximate surface area is 161 Å². The van der Waals surface area contributed by atoms with Gasteiger partial charge in [-0.3, -0.25) is 14.7 Å². The summed E-state index contributed by atoms with van der Waals surface area (Å²) in [5.74, 6) is 1.03. The number of amides is 2. The van der Waals surface area contributed by atoms with Crippen LogP contribution in [0, 0.1) is 12.8 Å². The van der Waals surface area contributed by atoms with Crippen molar-refractivity contribution in [2.45, 2.75) is 12.8 Å².